The van der Waals surface area contributed by atoms with Crippen molar-refractivity contribution in [2.75, 3.05) is 6.54 Å². The van der Waals surface area contributed by atoms with Crippen LogP contribution in [0.4, 0.5) is 0 Å². The molecule has 0 unspecified atom stereocenters. The molecule has 100 valence electrons. The Balaban J connectivity index is 0.00000144. The molecule has 0 heterocycles. The number of hydrogen-bond donors (Lipinski definition) is 2. The predicted octanol–water partition coefficient (Wildman–Crippen LogP) is 2.23. The number of carbonyl (C=O) groups excluding carboxylic acids is 1. The molecule has 0 radical (unpaired) electrons. The lowest BCUT2D eigenvalue weighted by atomic mass is 9.73. The van der Waals surface area contributed by atoms with Gasteiger partial charge in [-0.1, -0.05) is 13.8 Å². The van der Waals surface area contributed by atoms with Crippen molar-refractivity contribution in [3.63, 3.8) is 0 Å². The van der Waals surface area contributed by atoms with Crippen LogP contribution in [0, 0.1) is 11.3 Å². The summed E-state index contributed by atoms with van der Waals surface area (Å²) >= 11 is 0. The first-order valence-electron chi connectivity index (χ1n) is 6.49. The van der Waals surface area contributed by atoms with E-state index in [0.717, 1.165) is 19.4 Å². The largest absolute Gasteiger partial charge is 0.354 e. The van der Waals surface area contributed by atoms with E-state index in [1.165, 1.54) is 25.7 Å². The van der Waals surface area contributed by atoms with Crippen LogP contribution in [-0.2, 0) is 4.79 Å². The lowest BCUT2D eigenvalue weighted by molar-refractivity contribution is -0.123. The predicted molar refractivity (Wildman–Crippen MR) is 72.1 cm³/mol. The van der Waals surface area contributed by atoms with E-state index in [1.54, 1.807) is 0 Å². The first kappa shape index (κ1) is 14.8. The van der Waals surface area contributed by atoms with Crippen molar-refractivity contribution in [2.45, 2.75) is 57.9 Å². The molecule has 0 aromatic heterocycles. The van der Waals surface area contributed by atoms with Crippen LogP contribution in [0.1, 0.15) is 52.4 Å². The second-order valence-electron chi connectivity index (χ2n) is 6.47. The fraction of sp³-hybridized carbons (Fsp3) is 0.923. The van der Waals surface area contributed by atoms with E-state index in [1.807, 2.05) is 0 Å². The Kier molecular flexibility index (Phi) is 4.48. The summed E-state index contributed by atoms with van der Waals surface area (Å²) in [6, 6.07) is 0. The van der Waals surface area contributed by atoms with Crippen LogP contribution < -0.4 is 11.1 Å². The van der Waals surface area contributed by atoms with E-state index in [-0.39, 0.29) is 18.3 Å². The van der Waals surface area contributed by atoms with E-state index in [2.05, 4.69) is 19.2 Å². The fourth-order valence-electron chi connectivity index (χ4n) is 2.44. The summed E-state index contributed by atoms with van der Waals surface area (Å²) in [5.74, 6) is 0.733. The van der Waals surface area contributed by atoms with Gasteiger partial charge in [0.2, 0.25) is 5.91 Å². The molecule has 2 aliphatic carbocycles. The zero-order valence-electron chi connectivity index (χ0n) is 10.9. The molecule has 2 saturated carbocycles. The van der Waals surface area contributed by atoms with Gasteiger partial charge in [-0.05, 0) is 49.9 Å². The van der Waals surface area contributed by atoms with Gasteiger partial charge in [0.25, 0.3) is 0 Å². The summed E-state index contributed by atoms with van der Waals surface area (Å²) in [5, 5.41) is 3.02. The molecule has 0 bridgehead atoms. The Morgan fingerprint density at radius 1 is 1.24 bits per heavy atom. The monoisotopic (exact) mass is 260 g/mol. The van der Waals surface area contributed by atoms with Gasteiger partial charge in [-0.15, -0.1) is 12.4 Å². The summed E-state index contributed by atoms with van der Waals surface area (Å²) in [4.78, 5) is 11.7. The van der Waals surface area contributed by atoms with Crippen molar-refractivity contribution in [3.05, 3.63) is 0 Å². The molecule has 0 aromatic carbocycles. The Morgan fingerprint density at radius 2 is 1.76 bits per heavy atom. The maximum absolute atomic E-state index is 11.7. The Labute approximate surface area is 110 Å². The number of nitrogens with one attached hydrogen (secondary N) is 1. The maximum Gasteiger partial charge on any atom is 0.240 e. The second kappa shape index (κ2) is 5.15. The van der Waals surface area contributed by atoms with Gasteiger partial charge in [-0.25, -0.2) is 0 Å². The van der Waals surface area contributed by atoms with Gasteiger partial charge in [-0.2, -0.15) is 0 Å². The average Bonchev–Trinajstić information content (AvgIpc) is 2.96. The van der Waals surface area contributed by atoms with Crippen LogP contribution in [0.15, 0.2) is 0 Å². The minimum absolute atomic E-state index is 0. The summed E-state index contributed by atoms with van der Waals surface area (Å²) < 4.78 is 0. The highest BCUT2D eigenvalue weighted by Crippen LogP contribution is 2.38. The topological polar surface area (TPSA) is 55.1 Å². The van der Waals surface area contributed by atoms with Gasteiger partial charge in [0.1, 0.15) is 0 Å². The number of rotatable bonds is 3. The molecule has 0 spiro atoms. The minimum Gasteiger partial charge on any atom is -0.354 e. The summed E-state index contributed by atoms with van der Waals surface area (Å²) in [5.41, 5.74) is 5.84. The summed E-state index contributed by atoms with van der Waals surface area (Å²) in [6.07, 6.45) is 6.76. The first-order valence-corrected chi connectivity index (χ1v) is 6.49. The van der Waals surface area contributed by atoms with Gasteiger partial charge in [0.05, 0.1) is 5.54 Å². The molecule has 2 aliphatic rings. The van der Waals surface area contributed by atoms with Crippen LogP contribution in [0.25, 0.3) is 0 Å². The van der Waals surface area contributed by atoms with E-state index < -0.39 is 5.54 Å². The second-order valence-corrected chi connectivity index (χ2v) is 6.47. The highest BCUT2D eigenvalue weighted by Gasteiger charge is 2.45. The highest BCUT2D eigenvalue weighted by molar-refractivity contribution is 5.88. The van der Waals surface area contributed by atoms with Crippen molar-refractivity contribution in [3.8, 4) is 0 Å². The SMILES string of the molecule is CC1(C)CCC(CNC(=O)C2(N)CC2)CC1.Cl. The van der Waals surface area contributed by atoms with Crippen LogP contribution in [0.5, 0.6) is 0 Å². The van der Waals surface area contributed by atoms with Gasteiger partial charge in [0, 0.05) is 6.54 Å². The number of amides is 1. The van der Waals surface area contributed by atoms with Crippen molar-refractivity contribution >= 4 is 18.3 Å². The molecule has 2 rings (SSSR count). The molecule has 3 N–H and O–H groups in total. The van der Waals surface area contributed by atoms with E-state index >= 15 is 0 Å². The molecule has 17 heavy (non-hydrogen) atoms. The van der Waals surface area contributed by atoms with Crippen molar-refractivity contribution in [1.82, 2.24) is 5.32 Å². The van der Waals surface area contributed by atoms with E-state index in [9.17, 15) is 4.79 Å². The van der Waals surface area contributed by atoms with Crippen molar-refractivity contribution in [2.24, 2.45) is 17.1 Å². The summed E-state index contributed by atoms with van der Waals surface area (Å²) in [6.45, 7) is 5.50. The third-order valence-corrected chi connectivity index (χ3v) is 4.25. The Morgan fingerprint density at radius 3 is 2.24 bits per heavy atom. The highest BCUT2D eigenvalue weighted by atomic mass is 35.5. The molecule has 2 fully saturated rings. The molecule has 3 nitrogen and oxygen atoms in total. The smallest absolute Gasteiger partial charge is 0.240 e. The number of hydrogen-bond acceptors (Lipinski definition) is 2. The standard InChI is InChI=1S/C13H24N2O.ClH/c1-12(2)5-3-10(4-6-12)9-15-11(16)13(14)7-8-13;/h10H,3-9,14H2,1-2H3,(H,15,16);1H. The normalized spacial score (nSPS) is 25.8. The average molecular weight is 261 g/mol. The van der Waals surface area contributed by atoms with Gasteiger partial charge >= 0.3 is 0 Å². The van der Waals surface area contributed by atoms with E-state index in [4.69, 9.17) is 5.73 Å². The molecule has 1 amide bonds. The fourth-order valence-corrected chi connectivity index (χ4v) is 2.44. The molecule has 4 heteroatoms. The number of nitrogens with two attached hydrogens (primary N) is 1. The molecule has 0 saturated heterocycles. The molecular formula is C13H25ClN2O. The Bertz CT molecular complexity index is 277. The Hall–Kier alpha value is -0.280. The zero-order valence-corrected chi connectivity index (χ0v) is 11.7. The first-order chi connectivity index (χ1) is 7.41. The van der Waals surface area contributed by atoms with Gasteiger partial charge in [0.15, 0.2) is 0 Å². The quantitative estimate of drug-likeness (QED) is 0.818. The van der Waals surface area contributed by atoms with Crippen LogP contribution in [0.2, 0.25) is 0 Å². The molecular weight excluding hydrogens is 236 g/mol. The van der Waals surface area contributed by atoms with Crippen molar-refractivity contribution in [1.29, 1.82) is 0 Å². The third kappa shape index (κ3) is 3.85. The number of halogens is 1. The van der Waals surface area contributed by atoms with Crippen LogP contribution in [0.3, 0.4) is 0 Å². The third-order valence-electron chi connectivity index (χ3n) is 4.25. The van der Waals surface area contributed by atoms with E-state index in [0.29, 0.717) is 11.3 Å². The zero-order chi connectivity index (χ0) is 11.8. The molecule has 0 atom stereocenters. The number of carbonyl (C=O) groups is 1. The lowest BCUT2D eigenvalue weighted by Crippen LogP contribution is -2.44. The molecule has 0 aromatic rings. The minimum atomic E-state index is -0.506. The van der Waals surface area contributed by atoms with Crippen molar-refractivity contribution < 1.29 is 4.79 Å². The van der Waals surface area contributed by atoms with Gasteiger partial charge in [-0.3, -0.25) is 4.79 Å². The van der Waals surface area contributed by atoms with Gasteiger partial charge < -0.3 is 11.1 Å². The lowest BCUT2D eigenvalue weighted by Gasteiger charge is -2.34. The van der Waals surface area contributed by atoms with Crippen LogP contribution >= 0.6 is 12.4 Å². The van der Waals surface area contributed by atoms with Crippen LogP contribution in [-0.4, -0.2) is 18.0 Å². The maximum atomic E-state index is 11.7. The molecule has 0 aliphatic heterocycles. The summed E-state index contributed by atoms with van der Waals surface area (Å²) in [7, 11) is 0.